The molecule has 7 heteroatoms. The Morgan fingerprint density at radius 2 is 2.13 bits per heavy atom. The quantitative estimate of drug-likeness (QED) is 0.862. The van der Waals surface area contributed by atoms with E-state index in [4.69, 9.17) is 20.8 Å². The number of ether oxygens (including phenoxy) is 1. The summed E-state index contributed by atoms with van der Waals surface area (Å²) in [5, 5.41) is 0.462. The molecule has 2 aromatic rings. The molecule has 0 aliphatic carbocycles. The maximum atomic E-state index is 12.6. The summed E-state index contributed by atoms with van der Waals surface area (Å²) in [6, 6.07) is 2.06. The van der Waals surface area contributed by atoms with Crippen molar-refractivity contribution in [3.63, 3.8) is 0 Å². The average molecular weight is 336 g/mol. The molecule has 6 nitrogen and oxygen atoms in total. The van der Waals surface area contributed by atoms with Crippen molar-refractivity contribution < 1.29 is 13.9 Å². The topological polar surface area (TPSA) is 68.5 Å². The number of carbonyl (C=O) groups is 1. The summed E-state index contributed by atoms with van der Waals surface area (Å²) in [5.74, 6) is 1.37. The molecule has 0 bridgehead atoms. The van der Waals surface area contributed by atoms with Crippen LogP contribution in [0, 0.1) is 13.8 Å². The van der Waals surface area contributed by atoms with Gasteiger partial charge in [0.15, 0.2) is 0 Å². The first-order valence-corrected chi connectivity index (χ1v) is 7.91. The summed E-state index contributed by atoms with van der Waals surface area (Å²) >= 11 is 5.76. The lowest BCUT2D eigenvalue weighted by Crippen LogP contribution is -2.44. The van der Waals surface area contributed by atoms with E-state index >= 15 is 0 Å². The van der Waals surface area contributed by atoms with E-state index in [1.807, 2.05) is 6.92 Å². The molecule has 23 heavy (non-hydrogen) atoms. The zero-order valence-electron chi connectivity index (χ0n) is 13.1. The van der Waals surface area contributed by atoms with Crippen LogP contribution in [0.3, 0.4) is 0 Å². The van der Waals surface area contributed by atoms with Crippen LogP contribution in [-0.4, -0.2) is 40.0 Å². The van der Waals surface area contributed by atoms with Crippen molar-refractivity contribution in [3.05, 3.63) is 40.6 Å². The molecule has 1 amide bonds. The smallest absolute Gasteiger partial charge is 0.316 e. The van der Waals surface area contributed by atoms with Crippen LogP contribution in [-0.2, 0) is 0 Å². The third-order valence-corrected chi connectivity index (χ3v) is 4.00. The Morgan fingerprint density at radius 1 is 1.39 bits per heavy atom. The Labute approximate surface area is 139 Å². The lowest BCUT2D eigenvalue weighted by atomic mass is 10.1. The largest absolute Gasteiger partial charge is 0.466 e. The molecule has 3 rings (SSSR count). The molecule has 0 spiro atoms. The van der Waals surface area contributed by atoms with Crippen LogP contribution < -0.4 is 4.74 Å². The number of halogens is 1. The van der Waals surface area contributed by atoms with Crippen LogP contribution in [0.1, 0.15) is 34.7 Å². The highest BCUT2D eigenvalue weighted by molar-refractivity contribution is 6.30. The van der Waals surface area contributed by atoms with Crippen molar-refractivity contribution in [1.82, 2.24) is 14.9 Å². The molecule has 0 N–H and O–H groups in total. The van der Waals surface area contributed by atoms with Crippen LogP contribution in [0.25, 0.3) is 0 Å². The van der Waals surface area contributed by atoms with Crippen LogP contribution in [0.2, 0.25) is 5.02 Å². The number of hydrogen-bond acceptors (Lipinski definition) is 5. The highest BCUT2D eigenvalue weighted by Gasteiger charge is 2.28. The number of likely N-dealkylation sites (tertiary alicyclic amines) is 1. The van der Waals surface area contributed by atoms with Crippen molar-refractivity contribution in [3.8, 4) is 6.01 Å². The molecule has 3 heterocycles. The maximum Gasteiger partial charge on any atom is 0.316 e. The van der Waals surface area contributed by atoms with Crippen molar-refractivity contribution in [2.75, 3.05) is 13.1 Å². The number of piperidine rings is 1. The first-order chi connectivity index (χ1) is 11.0. The molecule has 0 saturated carbocycles. The molecule has 1 aliphatic heterocycles. The van der Waals surface area contributed by atoms with E-state index in [0.717, 1.165) is 18.6 Å². The summed E-state index contributed by atoms with van der Waals surface area (Å²) in [6.07, 6.45) is 4.60. The van der Waals surface area contributed by atoms with E-state index in [-0.39, 0.29) is 18.0 Å². The Hall–Kier alpha value is -2.08. The summed E-state index contributed by atoms with van der Waals surface area (Å²) < 4.78 is 11.2. The fourth-order valence-electron chi connectivity index (χ4n) is 2.74. The number of aryl methyl sites for hydroxylation is 2. The highest BCUT2D eigenvalue weighted by Crippen LogP contribution is 2.21. The molecule has 1 atom stereocenters. The van der Waals surface area contributed by atoms with Gasteiger partial charge in [-0.15, -0.1) is 0 Å². The monoisotopic (exact) mass is 335 g/mol. The molecule has 0 aromatic carbocycles. The number of nitrogens with zero attached hydrogens (tertiary/aromatic N) is 3. The van der Waals surface area contributed by atoms with Gasteiger partial charge in [0.25, 0.3) is 5.91 Å². The van der Waals surface area contributed by atoms with Crippen molar-refractivity contribution in [2.24, 2.45) is 0 Å². The molecular weight excluding hydrogens is 318 g/mol. The lowest BCUT2D eigenvalue weighted by Gasteiger charge is -2.32. The predicted molar refractivity (Wildman–Crippen MR) is 84.8 cm³/mol. The van der Waals surface area contributed by atoms with Gasteiger partial charge in [0, 0.05) is 6.54 Å². The van der Waals surface area contributed by atoms with E-state index in [1.54, 1.807) is 17.9 Å². The van der Waals surface area contributed by atoms with Crippen molar-refractivity contribution in [2.45, 2.75) is 32.8 Å². The van der Waals surface area contributed by atoms with Gasteiger partial charge in [-0.2, -0.15) is 0 Å². The Balaban J connectivity index is 1.67. The minimum absolute atomic E-state index is 0.0234. The third kappa shape index (κ3) is 3.64. The zero-order valence-corrected chi connectivity index (χ0v) is 13.8. The Kier molecular flexibility index (Phi) is 4.52. The standard InChI is InChI=1S/C16H18ClN3O3/c1-10-6-14(11(2)22-10)15(21)20-5-3-4-13(9-20)23-16-18-7-12(17)8-19-16/h6-8,13H,3-5,9H2,1-2H3. The summed E-state index contributed by atoms with van der Waals surface area (Å²) in [7, 11) is 0. The number of aromatic nitrogens is 2. The summed E-state index contributed by atoms with van der Waals surface area (Å²) in [4.78, 5) is 22.5. The molecule has 2 aromatic heterocycles. The van der Waals surface area contributed by atoms with Gasteiger partial charge in [0.05, 0.1) is 29.5 Å². The second-order valence-corrected chi connectivity index (χ2v) is 6.08. The SMILES string of the molecule is Cc1cc(C(=O)N2CCCC(Oc3ncc(Cl)cn3)C2)c(C)o1. The Bertz CT molecular complexity index is 699. The second kappa shape index (κ2) is 6.58. The molecule has 1 fully saturated rings. The summed E-state index contributed by atoms with van der Waals surface area (Å²) in [5.41, 5.74) is 0.617. The van der Waals surface area contributed by atoms with Crippen molar-refractivity contribution >= 4 is 17.5 Å². The number of carbonyl (C=O) groups excluding carboxylic acids is 1. The van der Waals surface area contributed by atoms with Crippen LogP contribution in [0.15, 0.2) is 22.9 Å². The first kappa shape index (κ1) is 15.8. The van der Waals surface area contributed by atoms with Gasteiger partial charge in [0.1, 0.15) is 17.6 Å². The molecule has 1 aliphatic rings. The van der Waals surface area contributed by atoms with Gasteiger partial charge in [-0.25, -0.2) is 9.97 Å². The van der Waals surface area contributed by atoms with Gasteiger partial charge in [-0.1, -0.05) is 11.6 Å². The molecule has 0 radical (unpaired) electrons. The lowest BCUT2D eigenvalue weighted by molar-refractivity contribution is 0.0514. The number of hydrogen-bond donors (Lipinski definition) is 0. The van der Waals surface area contributed by atoms with Crippen LogP contribution >= 0.6 is 11.6 Å². The number of furan rings is 1. The van der Waals surface area contributed by atoms with Crippen LogP contribution in [0.5, 0.6) is 6.01 Å². The fourth-order valence-corrected chi connectivity index (χ4v) is 2.84. The maximum absolute atomic E-state index is 12.6. The first-order valence-electron chi connectivity index (χ1n) is 7.53. The molecule has 1 saturated heterocycles. The second-order valence-electron chi connectivity index (χ2n) is 5.64. The van der Waals surface area contributed by atoms with E-state index in [2.05, 4.69) is 9.97 Å². The van der Waals surface area contributed by atoms with E-state index in [9.17, 15) is 4.79 Å². The van der Waals surface area contributed by atoms with Gasteiger partial charge in [-0.05, 0) is 32.8 Å². The van der Waals surface area contributed by atoms with Gasteiger partial charge < -0.3 is 14.1 Å². The minimum atomic E-state index is -0.123. The van der Waals surface area contributed by atoms with Crippen LogP contribution in [0.4, 0.5) is 0 Å². The molecule has 122 valence electrons. The zero-order chi connectivity index (χ0) is 16.4. The van der Waals surface area contributed by atoms with Gasteiger partial charge in [-0.3, -0.25) is 4.79 Å². The van der Waals surface area contributed by atoms with E-state index < -0.39 is 0 Å². The number of rotatable bonds is 3. The normalized spacial score (nSPS) is 18.0. The minimum Gasteiger partial charge on any atom is -0.466 e. The third-order valence-electron chi connectivity index (χ3n) is 3.81. The van der Waals surface area contributed by atoms with Crippen molar-refractivity contribution in [1.29, 1.82) is 0 Å². The van der Waals surface area contributed by atoms with Gasteiger partial charge >= 0.3 is 6.01 Å². The van der Waals surface area contributed by atoms with Gasteiger partial charge in [0.2, 0.25) is 0 Å². The number of amides is 1. The predicted octanol–water partition coefficient (Wildman–Crippen LogP) is 3.02. The molecule has 1 unspecified atom stereocenters. The van der Waals surface area contributed by atoms with E-state index in [0.29, 0.717) is 29.4 Å². The summed E-state index contributed by atoms with van der Waals surface area (Å²) in [6.45, 7) is 4.86. The average Bonchev–Trinajstić information content (AvgIpc) is 2.88. The Morgan fingerprint density at radius 3 is 2.78 bits per heavy atom. The fraction of sp³-hybridized carbons (Fsp3) is 0.438. The molecular formula is C16H18ClN3O3. The highest BCUT2D eigenvalue weighted by atomic mass is 35.5. The van der Waals surface area contributed by atoms with E-state index in [1.165, 1.54) is 12.4 Å².